The predicted octanol–water partition coefficient (Wildman–Crippen LogP) is 4.93. The van der Waals surface area contributed by atoms with Gasteiger partial charge in [-0.1, -0.05) is 29.8 Å². The van der Waals surface area contributed by atoms with Crippen LogP contribution in [0.1, 0.15) is 18.5 Å². The predicted molar refractivity (Wildman–Crippen MR) is 86.0 cm³/mol. The van der Waals surface area contributed by atoms with E-state index in [1.54, 1.807) is 11.3 Å². The maximum atomic E-state index is 6.07. The molecule has 1 atom stereocenters. The molecule has 0 aliphatic rings. The zero-order valence-electron chi connectivity index (χ0n) is 10.7. The minimum absolute atomic E-state index is 0.0667. The van der Waals surface area contributed by atoms with Crippen LogP contribution in [-0.2, 0) is 0 Å². The summed E-state index contributed by atoms with van der Waals surface area (Å²) in [6, 6.07) is 11.9. The number of hydrogen-bond donors (Lipinski definition) is 1. The molecule has 0 fully saturated rings. The van der Waals surface area contributed by atoms with Crippen LogP contribution in [-0.4, -0.2) is 14.8 Å². The molecule has 3 nitrogen and oxygen atoms in total. The summed E-state index contributed by atoms with van der Waals surface area (Å²) in [7, 11) is 0. The standard InChI is InChI=1S/C14H12ClN3S2/c1-9(10-4-2-5-11(15)8-10)18-13(16-17-14(18)19)12-6-3-7-20-12/h2-9H,1H3,(H,17,19). The molecule has 0 radical (unpaired) electrons. The van der Waals surface area contributed by atoms with Crippen LogP contribution >= 0.6 is 35.2 Å². The van der Waals surface area contributed by atoms with Gasteiger partial charge >= 0.3 is 0 Å². The summed E-state index contributed by atoms with van der Waals surface area (Å²) in [4.78, 5) is 1.09. The summed E-state index contributed by atoms with van der Waals surface area (Å²) in [5.74, 6) is 0.859. The number of H-pyrrole nitrogens is 1. The maximum absolute atomic E-state index is 6.07. The summed E-state index contributed by atoms with van der Waals surface area (Å²) >= 11 is 13.1. The van der Waals surface area contributed by atoms with Crippen molar-refractivity contribution in [1.29, 1.82) is 0 Å². The first-order valence-corrected chi connectivity index (χ1v) is 7.79. The summed E-state index contributed by atoms with van der Waals surface area (Å²) in [5.41, 5.74) is 1.10. The van der Waals surface area contributed by atoms with Crippen molar-refractivity contribution in [3.63, 3.8) is 0 Å². The topological polar surface area (TPSA) is 33.6 Å². The van der Waals surface area contributed by atoms with E-state index >= 15 is 0 Å². The highest BCUT2D eigenvalue weighted by Crippen LogP contribution is 2.29. The van der Waals surface area contributed by atoms with E-state index in [0.717, 1.165) is 21.3 Å². The van der Waals surface area contributed by atoms with Gasteiger partial charge in [-0.2, -0.15) is 5.10 Å². The van der Waals surface area contributed by atoms with Gasteiger partial charge in [0.1, 0.15) is 0 Å². The Morgan fingerprint density at radius 1 is 1.35 bits per heavy atom. The zero-order valence-corrected chi connectivity index (χ0v) is 13.1. The lowest BCUT2D eigenvalue weighted by atomic mass is 10.1. The van der Waals surface area contributed by atoms with Crippen LogP contribution in [0.25, 0.3) is 10.7 Å². The smallest absolute Gasteiger partial charge is 0.196 e. The van der Waals surface area contributed by atoms with Crippen LogP contribution in [0.3, 0.4) is 0 Å². The van der Waals surface area contributed by atoms with Crippen LogP contribution in [0, 0.1) is 4.77 Å². The van der Waals surface area contributed by atoms with Gasteiger partial charge in [-0.05, 0) is 48.3 Å². The molecule has 1 aromatic carbocycles. The first-order valence-electron chi connectivity index (χ1n) is 6.13. The van der Waals surface area contributed by atoms with Gasteiger partial charge in [-0.3, -0.25) is 9.67 Å². The summed E-state index contributed by atoms with van der Waals surface area (Å²) < 4.78 is 2.63. The molecule has 0 amide bonds. The number of hydrogen-bond acceptors (Lipinski definition) is 3. The van der Waals surface area contributed by atoms with E-state index in [1.807, 2.05) is 46.3 Å². The molecule has 0 bridgehead atoms. The van der Waals surface area contributed by atoms with E-state index in [0.29, 0.717) is 4.77 Å². The van der Waals surface area contributed by atoms with Crippen molar-refractivity contribution in [3.05, 3.63) is 57.1 Å². The fourth-order valence-electron chi connectivity index (χ4n) is 2.16. The van der Waals surface area contributed by atoms with Gasteiger partial charge < -0.3 is 0 Å². The second-order valence-electron chi connectivity index (χ2n) is 4.43. The molecule has 0 saturated carbocycles. The molecule has 2 aromatic heterocycles. The molecule has 0 saturated heterocycles. The molecule has 0 spiro atoms. The molecule has 20 heavy (non-hydrogen) atoms. The first-order chi connectivity index (χ1) is 9.66. The van der Waals surface area contributed by atoms with Crippen molar-refractivity contribution in [2.75, 3.05) is 0 Å². The highest BCUT2D eigenvalue weighted by molar-refractivity contribution is 7.71. The highest BCUT2D eigenvalue weighted by atomic mass is 35.5. The Hall–Kier alpha value is -1.43. The number of thiophene rings is 1. The van der Waals surface area contributed by atoms with Crippen LogP contribution in [0.4, 0.5) is 0 Å². The van der Waals surface area contributed by atoms with Gasteiger partial charge in [0.05, 0.1) is 10.9 Å². The molecule has 3 rings (SSSR count). The third kappa shape index (κ3) is 2.44. The number of nitrogens with one attached hydrogen (secondary N) is 1. The fourth-order valence-corrected chi connectivity index (χ4v) is 3.36. The Morgan fingerprint density at radius 2 is 2.20 bits per heavy atom. The number of aromatic amines is 1. The molecule has 0 aliphatic carbocycles. The van der Waals surface area contributed by atoms with Crippen LogP contribution in [0.5, 0.6) is 0 Å². The lowest BCUT2D eigenvalue weighted by Gasteiger charge is -2.15. The minimum atomic E-state index is 0.0667. The number of nitrogens with zero attached hydrogens (tertiary/aromatic N) is 2. The third-order valence-corrected chi connectivity index (χ3v) is 4.55. The molecule has 2 heterocycles. The Morgan fingerprint density at radius 3 is 2.90 bits per heavy atom. The second kappa shape index (κ2) is 5.52. The monoisotopic (exact) mass is 321 g/mol. The highest BCUT2D eigenvalue weighted by Gasteiger charge is 2.16. The minimum Gasteiger partial charge on any atom is -0.292 e. The van der Waals surface area contributed by atoms with Crippen molar-refractivity contribution in [2.45, 2.75) is 13.0 Å². The van der Waals surface area contributed by atoms with E-state index in [2.05, 4.69) is 17.1 Å². The molecule has 1 N–H and O–H groups in total. The molecular formula is C14H12ClN3S2. The van der Waals surface area contributed by atoms with Crippen molar-refractivity contribution >= 4 is 35.2 Å². The Labute approximate surface area is 130 Å². The average Bonchev–Trinajstić information content (AvgIpc) is 3.07. The van der Waals surface area contributed by atoms with Gasteiger partial charge in [0.2, 0.25) is 0 Å². The van der Waals surface area contributed by atoms with E-state index in [1.165, 1.54) is 0 Å². The molecule has 3 aromatic rings. The maximum Gasteiger partial charge on any atom is 0.196 e. The van der Waals surface area contributed by atoms with E-state index in [4.69, 9.17) is 23.8 Å². The van der Waals surface area contributed by atoms with E-state index in [-0.39, 0.29) is 6.04 Å². The summed E-state index contributed by atoms with van der Waals surface area (Å²) in [6.45, 7) is 2.09. The van der Waals surface area contributed by atoms with E-state index in [9.17, 15) is 0 Å². The Balaban J connectivity index is 2.11. The van der Waals surface area contributed by atoms with Crippen LogP contribution in [0.2, 0.25) is 5.02 Å². The quantitative estimate of drug-likeness (QED) is 0.694. The average molecular weight is 322 g/mol. The fraction of sp³-hybridized carbons (Fsp3) is 0.143. The second-order valence-corrected chi connectivity index (χ2v) is 6.20. The van der Waals surface area contributed by atoms with Crippen LogP contribution in [0.15, 0.2) is 41.8 Å². The van der Waals surface area contributed by atoms with Gasteiger partial charge in [-0.15, -0.1) is 11.3 Å². The lowest BCUT2D eigenvalue weighted by Crippen LogP contribution is -2.08. The molecule has 102 valence electrons. The van der Waals surface area contributed by atoms with Gasteiger partial charge in [0.25, 0.3) is 0 Å². The Kier molecular flexibility index (Phi) is 3.74. The number of halogens is 1. The molecule has 1 unspecified atom stereocenters. The van der Waals surface area contributed by atoms with Crippen LogP contribution < -0.4 is 0 Å². The molecule has 6 heteroatoms. The largest absolute Gasteiger partial charge is 0.292 e. The van der Waals surface area contributed by atoms with Crippen molar-refractivity contribution in [2.24, 2.45) is 0 Å². The SMILES string of the molecule is CC(c1cccc(Cl)c1)n1c(-c2cccs2)n[nH]c1=S. The lowest BCUT2D eigenvalue weighted by molar-refractivity contribution is 0.636. The summed E-state index contributed by atoms with van der Waals surface area (Å²) in [5, 5.41) is 9.98. The zero-order chi connectivity index (χ0) is 14.1. The number of rotatable bonds is 3. The van der Waals surface area contributed by atoms with Gasteiger partial charge in [0, 0.05) is 5.02 Å². The normalized spacial score (nSPS) is 12.5. The number of benzene rings is 1. The van der Waals surface area contributed by atoms with Crippen molar-refractivity contribution in [3.8, 4) is 10.7 Å². The molecule has 0 aliphatic heterocycles. The van der Waals surface area contributed by atoms with Crippen molar-refractivity contribution < 1.29 is 0 Å². The Bertz CT molecular complexity index is 774. The van der Waals surface area contributed by atoms with Crippen molar-refractivity contribution in [1.82, 2.24) is 14.8 Å². The van der Waals surface area contributed by atoms with Gasteiger partial charge in [0.15, 0.2) is 10.6 Å². The first kappa shape index (κ1) is 13.5. The summed E-state index contributed by atoms with van der Waals surface area (Å²) in [6.07, 6.45) is 0. The third-order valence-electron chi connectivity index (χ3n) is 3.16. The van der Waals surface area contributed by atoms with E-state index < -0.39 is 0 Å². The number of aromatic nitrogens is 3. The van der Waals surface area contributed by atoms with Gasteiger partial charge in [-0.25, -0.2) is 0 Å². The molecular weight excluding hydrogens is 310 g/mol.